The van der Waals surface area contributed by atoms with Crippen LogP contribution in [0.5, 0.6) is 11.5 Å². The molecule has 0 bridgehead atoms. The first-order valence-corrected chi connectivity index (χ1v) is 7.43. The monoisotopic (exact) mass is 361 g/mol. The number of carboxylic acids is 1. The average Bonchev–Trinajstić information content (AvgIpc) is 2.59. The molecule has 25 heavy (non-hydrogen) atoms. The van der Waals surface area contributed by atoms with Crippen LogP contribution in [0.4, 0.5) is 4.39 Å². The number of rotatable bonds is 6. The van der Waals surface area contributed by atoms with Gasteiger partial charge in [0.1, 0.15) is 24.1 Å². The lowest BCUT2D eigenvalue weighted by atomic mass is 10.1. The number of ether oxygens (including phenoxy) is 2. The number of halogens is 2. The first-order valence-electron chi connectivity index (χ1n) is 7.05. The fourth-order valence-corrected chi connectivity index (χ4v) is 2.31. The molecule has 2 aromatic carbocycles. The van der Waals surface area contributed by atoms with Crippen LogP contribution in [0.25, 0.3) is 6.08 Å². The normalized spacial score (nSPS) is 10.9. The smallest absolute Gasteiger partial charge is 0.346 e. The lowest BCUT2D eigenvalue weighted by Crippen LogP contribution is -2.01. The summed E-state index contributed by atoms with van der Waals surface area (Å²) >= 11 is 6.17. The summed E-state index contributed by atoms with van der Waals surface area (Å²) < 4.78 is 24.4. The Morgan fingerprint density at radius 2 is 2.12 bits per heavy atom. The highest BCUT2D eigenvalue weighted by atomic mass is 35.5. The molecule has 0 amide bonds. The third kappa shape index (κ3) is 4.49. The van der Waals surface area contributed by atoms with Gasteiger partial charge in [0, 0.05) is 5.56 Å². The molecule has 0 atom stereocenters. The average molecular weight is 362 g/mol. The van der Waals surface area contributed by atoms with Crippen molar-refractivity contribution < 1.29 is 23.8 Å². The second kappa shape index (κ2) is 8.18. The lowest BCUT2D eigenvalue weighted by molar-refractivity contribution is -0.132. The standard InChI is InChI=1S/C18H13ClFNO4/c1-24-16-8-11(6-13(9-21)18(22)23)7-14(19)17(16)25-10-12-4-2-3-5-15(12)20/h2-8H,10H2,1H3,(H,22,23). The zero-order valence-corrected chi connectivity index (χ0v) is 13.9. The van der Waals surface area contributed by atoms with Gasteiger partial charge in [-0.25, -0.2) is 9.18 Å². The number of carboxylic acid groups (broad SMARTS) is 1. The van der Waals surface area contributed by atoms with E-state index in [-0.39, 0.29) is 23.1 Å². The number of nitriles is 1. The summed E-state index contributed by atoms with van der Waals surface area (Å²) in [7, 11) is 1.39. The Hall–Kier alpha value is -3.04. The van der Waals surface area contributed by atoms with Crippen LogP contribution >= 0.6 is 11.6 Å². The Labute approximate surface area is 148 Å². The number of methoxy groups -OCH3 is 1. The predicted molar refractivity (Wildman–Crippen MR) is 90.0 cm³/mol. The van der Waals surface area contributed by atoms with Gasteiger partial charge in [-0.05, 0) is 29.8 Å². The number of nitrogens with zero attached hydrogens (tertiary/aromatic N) is 1. The van der Waals surface area contributed by atoms with E-state index in [0.29, 0.717) is 11.1 Å². The largest absolute Gasteiger partial charge is 0.493 e. The van der Waals surface area contributed by atoms with E-state index in [4.69, 9.17) is 31.4 Å². The quantitative estimate of drug-likeness (QED) is 0.620. The molecule has 2 rings (SSSR count). The summed E-state index contributed by atoms with van der Waals surface area (Å²) in [5.41, 5.74) is 0.263. The molecular weight excluding hydrogens is 349 g/mol. The van der Waals surface area contributed by atoms with Crippen LogP contribution in [0.1, 0.15) is 11.1 Å². The zero-order chi connectivity index (χ0) is 18.4. The highest BCUT2D eigenvalue weighted by molar-refractivity contribution is 6.32. The maximum absolute atomic E-state index is 13.7. The van der Waals surface area contributed by atoms with Crippen LogP contribution in [0.2, 0.25) is 5.02 Å². The summed E-state index contributed by atoms with van der Waals surface area (Å²) in [6.07, 6.45) is 1.16. The van der Waals surface area contributed by atoms with Crippen LogP contribution in [-0.2, 0) is 11.4 Å². The van der Waals surface area contributed by atoms with E-state index in [9.17, 15) is 9.18 Å². The van der Waals surface area contributed by atoms with Crippen molar-refractivity contribution in [3.05, 3.63) is 63.9 Å². The van der Waals surface area contributed by atoms with Crippen LogP contribution < -0.4 is 9.47 Å². The van der Waals surface area contributed by atoms with Gasteiger partial charge in [0.15, 0.2) is 11.5 Å². The van der Waals surface area contributed by atoms with Gasteiger partial charge in [0.25, 0.3) is 0 Å². The molecule has 0 aliphatic heterocycles. The number of carbonyl (C=O) groups is 1. The molecule has 0 aliphatic rings. The van der Waals surface area contributed by atoms with Crippen LogP contribution in [0, 0.1) is 17.1 Å². The van der Waals surface area contributed by atoms with E-state index < -0.39 is 17.4 Å². The maximum atomic E-state index is 13.7. The number of aliphatic carboxylic acids is 1. The van der Waals surface area contributed by atoms with Crippen molar-refractivity contribution in [2.24, 2.45) is 0 Å². The van der Waals surface area contributed by atoms with Crippen molar-refractivity contribution in [1.29, 1.82) is 5.26 Å². The molecular formula is C18H13ClFNO4. The second-order valence-electron chi connectivity index (χ2n) is 4.89. The van der Waals surface area contributed by atoms with Gasteiger partial charge in [-0.2, -0.15) is 5.26 Å². The van der Waals surface area contributed by atoms with Crippen LogP contribution in [0.15, 0.2) is 42.0 Å². The molecule has 0 aromatic heterocycles. The fraction of sp³-hybridized carbons (Fsp3) is 0.111. The minimum atomic E-state index is -1.35. The van der Waals surface area contributed by atoms with E-state index in [2.05, 4.69) is 0 Å². The molecule has 0 saturated carbocycles. The van der Waals surface area contributed by atoms with Gasteiger partial charge in [-0.15, -0.1) is 0 Å². The molecule has 7 heteroatoms. The second-order valence-corrected chi connectivity index (χ2v) is 5.30. The molecule has 2 aromatic rings. The third-order valence-electron chi connectivity index (χ3n) is 3.24. The minimum absolute atomic E-state index is 0.0590. The molecule has 0 fully saturated rings. The van der Waals surface area contributed by atoms with Gasteiger partial charge >= 0.3 is 5.97 Å². The van der Waals surface area contributed by atoms with Crippen LogP contribution in [0.3, 0.4) is 0 Å². The van der Waals surface area contributed by atoms with Crippen LogP contribution in [-0.4, -0.2) is 18.2 Å². The molecule has 5 nitrogen and oxygen atoms in total. The number of benzene rings is 2. The van der Waals surface area contributed by atoms with Gasteiger partial charge in [0.05, 0.1) is 12.1 Å². The van der Waals surface area contributed by atoms with E-state index in [1.165, 1.54) is 25.3 Å². The molecule has 0 spiro atoms. The third-order valence-corrected chi connectivity index (χ3v) is 3.52. The Balaban J connectivity index is 2.33. The Morgan fingerprint density at radius 3 is 2.72 bits per heavy atom. The Kier molecular flexibility index (Phi) is 5.98. The van der Waals surface area contributed by atoms with Crippen molar-refractivity contribution in [2.45, 2.75) is 6.61 Å². The summed E-state index contributed by atoms with van der Waals surface area (Å²) in [5, 5.41) is 17.9. The Morgan fingerprint density at radius 1 is 1.40 bits per heavy atom. The molecule has 0 heterocycles. The summed E-state index contributed by atoms with van der Waals surface area (Å²) in [6, 6.07) is 10.6. The summed E-state index contributed by atoms with van der Waals surface area (Å²) in [4.78, 5) is 10.9. The van der Waals surface area contributed by atoms with Crippen molar-refractivity contribution in [3.8, 4) is 17.6 Å². The van der Waals surface area contributed by atoms with E-state index in [0.717, 1.165) is 6.08 Å². The molecule has 0 aliphatic carbocycles. The maximum Gasteiger partial charge on any atom is 0.346 e. The molecule has 1 N–H and O–H groups in total. The van der Waals surface area contributed by atoms with E-state index >= 15 is 0 Å². The van der Waals surface area contributed by atoms with Crippen molar-refractivity contribution >= 4 is 23.6 Å². The topological polar surface area (TPSA) is 79.5 Å². The molecule has 0 saturated heterocycles. The van der Waals surface area contributed by atoms with Crippen molar-refractivity contribution in [3.63, 3.8) is 0 Å². The summed E-state index contributed by atoms with van der Waals surface area (Å²) in [5.74, 6) is -1.33. The molecule has 0 unspecified atom stereocenters. The highest BCUT2D eigenvalue weighted by Crippen LogP contribution is 2.37. The minimum Gasteiger partial charge on any atom is -0.493 e. The van der Waals surface area contributed by atoms with Crippen molar-refractivity contribution in [1.82, 2.24) is 0 Å². The predicted octanol–water partition coefficient (Wildman–Crippen LogP) is 4.06. The molecule has 0 radical (unpaired) electrons. The van der Waals surface area contributed by atoms with Crippen molar-refractivity contribution in [2.75, 3.05) is 7.11 Å². The van der Waals surface area contributed by atoms with Gasteiger partial charge in [-0.3, -0.25) is 0 Å². The first kappa shape index (κ1) is 18.3. The van der Waals surface area contributed by atoms with Gasteiger partial charge in [-0.1, -0.05) is 29.8 Å². The number of hydrogen-bond donors (Lipinski definition) is 1. The lowest BCUT2D eigenvalue weighted by Gasteiger charge is -2.13. The van der Waals surface area contributed by atoms with E-state index in [1.807, 2.05) is 0 Å². The van der Waals surface area contributed by atoms with Gasteiger partial charge in [0.2, 0.25) is 0 Å². The van der Waals surface area contributed by atoms with Gasteiger partial charge < -0.3 is 14.6 Å². The first-order chi connectivity index (χ1) is 12.0. The fourth-order valence-electron chi connectivity index (χ4n) is 2.04. The van der Waals surface area contributed by atoms with E-state index in [1.54, 1.807) is 24.3 Å². The zero-order valence-electron chi connectivity index (χ0n) is 13.1. The number of hydrogen-bond acceptors (Lipinski definition) is 4. The summed E-state index contributed by atoms with van der Waals surface area (Å²) in [6.45, 7) is -0.0590. The Bertz CT molecular complexity index is 874. The SMILES string of the molecule is COc1cc(C=C(C#N)C(=O)O)cc(Cl)c1OCc1ccccc1F. The highest BCUT2D eigenvalue weighted by Gasteiger charge is 2.14. The molecule has 128 valence electrons.